The van der Waals surface area contributed by atoms with Crippen molar-refractivity contribution in [1.29, 1.82) is 0 Å². The fourth-order valence-electron chi connectivity index (χ4n) is 4.61. The summed E-state index contributed by atoms with van der Waals surface area (Å²) in [5.74, 6) is -0.118. The lowest BCUT2D eigenvalue weighted by Crippen LogP contribution is -2.43. The molecule has 2 saturated heterocycles. The zero-order valence-electron chi connectivity index (χ0n) is 17.8. The van der Waals surface area contributed by atoms with Crippen molar-refractivity contribution in [2.24, 2.45) is 0 Å². The number of hydrogen-bond acceptors (Lipinski definition) is 8. The summed E-state index contributed by atoms with van der Waals surface area (Å²) in [5, 5.41) is 18.2. The highest BCUT2D eigenvalue weighted by Crippen LogP contribution is 2.38. The van der Waals surface area contributed by atoms with Crippen LogP contribution in [0.15, 0.2) is 36.7 Å². The molecule has 2 aliphatic rings. The van der Waals surface area contributed by atoms with Gasteiger partial charge < -0.3 is 15.1 Å². The molecule has 0 saturated carbocycles. The van der Waals surface area contributed by atoms with Gasteiger partial charge in [0.05, 0.1) is 17.8 Å². The first-order valence-electron chi connectivity index (χ1n) is 11.0. The van der Waals surface area contributed by atoms with Crippen LogP contribution in [0, 0.1) is 11.6 Å². The van der Waals surface area contributed by atoms with Crippen LogP contribution < -0.4 is 15.1 Å². The maximum absolute atomic E-state index is 14.5. The number of hydrogen-bond donors (Lipinski definition) is 1. The van der Waals surface area contributed by atoms with E-state index in [0.717, 1.165) is 67.3 Å². The molecule has 2 fully saturated rings. The smallest absolute Gasteiger partial charge is 0.208 e. The summed E-state index contributed by atoms with van der Waals surface area (Å²) in [6.07, 6.45) is 5.21. The first-order valence-corrected chi connectivity index (χ1v) is 11.8. The van der Waals surface area contributed by atoms with Gasteiger partial charge in [0.15, 0.2) is 10.7 Å². The van der Waals surface area contributed by atoms with Gasteiger partial charge >= 0.3 is 0 Å². The standard InChI is InChI=1S/C22H22F2N8S/c23-14-3-4-17(24)15(12-14)18-2-1-8-31(18)19-5-9-32-20(27-19)16(13-26-32)21-28-29-22(33-21)30-10-6-25-7-11-30/h3-5,9,12-13,18,25H,1-2,6-8,10-11H2/t18-/m1/s1. The molecule has 11 heteroatoms. The minimum Gasteiger partial charge on any atom is -0.349 e. The van der Waals surface area contributed by atoms with E-state index < -0.39 is 11.6 Å². The molecule has 1 aromatic carbocycles. The van der Waals surface area contributed by atoms with Crippen molar-refractivity contribution >= 4 is 27.9 Å². The molecule has 1 atom stereocenters. The summed E-state index contributed by atoms with van der Waals surface area (Å²) in [5.41, 5.74) is 1.84. The first-order chi connectivity index (χ1) is 16.2. The number of fused-ring (bicyclic) bond motifs is 1. The van der Waals surface area contributed by atoms with Gasteiger partial charge in [0.2, 0.25) is 5.13 Å². The maximum atomic E-state index is 14.5. The number of aromatic nitrogens is 5. The molecule has 3 aromatic heterocycles. The van der Waals surface area contributed by atoms with Crippen LogP contribution in [0.3, 0.4) is 0 Å². The molecule has 5 heterocycles. The van der Waals surface area contributed by atoms with E-state index in [-0.39, 0.29) is 6.04 Å². The summed E-state index contributed by atoms with van der Waals surface area (Å²) in [4.78, 5) is 9.14. The summed E-state index contributed by atoms with van der Waals surface area (Å²) >= 11 is 1.53. The molecular weight excluding hydrogens is 446 g/mol. The van der Waals surface area contributed by atoms with E-state index in [4.69, 9.17) is 4.98 Å². The zero-order chi connectivity index (χ0) is 22.4. The predicted molar refractivity (Wildman–Crippen MR) is 123 cm³/mol. The van der Waals surface area contributed by atoms with Gasteiger partial charge in [-0.25, -0.2) is 18.3 Å². The Bertz CT molecular complexity index is 1300. The molecule has 2 aliphatic heterocycles. The van der Waals surface area contributed by atoms with Crippen LogP contribution in [-0.2, 0) is 0 Å². The van der Waals surface area contributed by atoms with E-state index in [2.05, 4.69) is 25.5 Å². The number of halogens is 2. The lowest BCUT2D eigenvalue weighted by atomic mass is 10.0. The largest absolute Gasteiger partial charge is 0.349 e. The third kappa shape index (κ3) is 3.70. The van der Waals surface area contributed by atoms with Crippen LogP contribution in [0.2, 0.25) is 0 Å². The number of rotatable bonds is 4. The van der Waals surface area contributed by atoms with Crippen LogP contribution in [0.5, 0.6) is 0 Å². The minimum absolute atomic E-state index is 0.261. The van der Waals surface area contributed by atoms with E-state index in [1.54, 1.807) is 10.7 Å². The minimum atomic E-state index is -0.434. The molecule has 0 radical (unpaired) electrons. The zero-order valence-corrected chi connectivity index (χ0v) is 18.6. The van der Waals surface area contributed by atoms with Gasteiger partial charge in [-0.15, -0.1) is 10.2 Å². The van der Waals surface area contributed by atoms with Crippen LogP contribution in [-0.4, -0.2) is 57.5 Å². The fourth-order valence-corrected chi connectivity index (χ4v) is 5.51. The van der Waals surface area contributed by atoms with Crippen LogP contribution in [0.1, 0.15) is 24.4 Å². The SMILES string of the molecule is Fc1ccc(F)c([C@H]2CCCN2c2ccn3ncc(-c4nnc(N5CCNCC5)s4)c3n2)c1. The summed E-state index contributed by atoms with van der Waals surface area (Å²) in [6, 6.07) is 5.24. The lowest BCUT2D eigenvalue weighted by Gasteiger charge is -2.26. The van der Waals surface area contributed by atoms with E-state index in [0.29, 0.717) is 17.0 Å². The second kappa shape index (κ2) is 8.31. The van der Waals surface area contributed by atoms with Crippen molar-refractivity contribution in [3.8, 4) is 10.6 Å². The van der Waals surface area contributed by atoms with Crippen LogP contribution in [0.25, 0.3) is 16.2 Å². The monoisotopic (exact) mass is 468 g/mol. The average Bonchev–Trinajstić information content (AvgIpc) is 3.60. The molecule has 0 unspecified atom stereocenters. The quantitative estimate of drug-likeness (QED) is 0.493. The van der Waals surface area contributed by atoms with Gasteiger partial charge in [0, 0.05) is 44.5 Å². The van der Waals surface area contributed by atoms with E-state index in [1.807, 2.05) is 17.2 Å². The molecular formula is C22H22F2N8S. The van der Waals surface area contributed by atoms with Gasteiger partial charge in [0.25, 0.3) is 0 Å². The number of anilines is 2. The molecule has 1 N–H and O–H groups in total. The number of benzene rings is 1. The van der Waals surface area contributed by atoms with Crippen LogP contribution in [0.4, 0.5) is 19.7 Å². The van der Waals surface area contributed by atoms with Gasteiger partial charge in [-0.1, -0.05) is 11.3 Å². The molecule has 33 heavy (non-hydrogen) atoms. The van der Waals surface area contributed by atoms with Crippen molar-refractivity contribution in [2.45, 2.75) is 18.9 Å². The fraction of sp³-hybridized carbons (Fsp3) is 0.364. The molecule has 4 aromatic rings. The van der Waals surface area contributed by atoms with Gasteiger partial charge in [-0.05, 0) is 37.1 Å². The van der Waals surface area contributed by atoms with Gasteiger partial charge in [-0.2, -0.15) is 5.10 Å². The predicted octanol–water partition coefficient (Wildman–Crippen LogP) is 3.28. The summed E-state index contributed by atoms with van der Waals surface area (Å²) in [7, 11) is 0. The van der Waals surface area contributed by atoms with Crippen LogP contribution >= 0.6 is 11.3 Å². The van der Waals surface area contributed by atoms with Gasteiger partial charge in [-0.3, -0.25) is 0 Å². The highest BCUT2D eigenvalue weighted by molar-refractivity contribution is 7.18. The van der Waals surface area contributed by atoms with Crippen molar-refractivity contribution in [3.05, 3.63) is 53.9 Å². The number of nitrogens with zero attached hydrogens (tertiary/aromatic N) is 7. The lowest BCUT2D eigenvalue weighted by molar-refractivity contribution is 0.560. The normalized spacial score (nSPS) is 19.0. The summed E-state index contributed by atoms with van der Waals surface area (Å²) < 4.78 is 30.1. The molecule has 0 aliphatic carbocycles. The Morgan fingerprint density at radius 1 is 1.06 bits per heavy atom. The van der Waals surface area contributed by atoms with Crippen molar-refractivity contribution in [2.75, 3.05) is 42.5 Å². The topological polar surface area (TPSA) is 74.5 Å². The molecule has 0 spiro atoms. The van der Waals surface area contributed by atoms with Crippen molar-refractivity contribution < 1.29 is 8.78 Å². The van der Waals surface area contributed by atoms with Crippen molar-refractivity contribution in [3.63, 3.8) is 0 Å². The molecule has 8 nitrogen and oxygen atoms in total. The number of piperazine rings is 1. The second-order valence-electron chi connectivity index (χ2n) is 8.26. The first kappa shape index (κ1) is 20.4. The van der Waals surface area contributed by atoms with E-state index >= 15 is 0 Å². The Kier molecular flexibility index (Phi) is 5.14. The second-order valence-corrected chi connectivity index (χ2v) is 9.21. The van der Waals surface area contributed by atoms with Gasteiger partial charge in [0.1, 0.15) is 17.5 Å². The maximum Gasteiger partial charge on any atom is 0.208 e. The Labute approximate surface area is 192 Å². The highest BCUT2D eigenvalue weighted by atomic mass is 32.1. The Morgan fingerprint density at radius 3 is 2.82 bits per heavy atom. The van der Waals surface area contributed by atoms with E-state index in [1.165, 1.54) is 23.5 Å². The van der Waals surface area contributed by atoms with Crippen molar-refractivity contribution in [1.82, 2.24) is 30.1 Å². The van der Waals surface area contributed by atoms with E-state index in [9.17, 15) is 8.78 Å². The Morgan fingerprint density at radius 2 is 1.94 bits per heavy atom. The third-order valence-corrected chi connectivity index (χ3v) is 7.27. The molecule has 170 valence electrons. The number of nitrogens with one attached hydrogen (secondary N) is 1. The molecule has 6 rings (SSSR count). The molecule has 0 amide bonds. The highest BCUT2D eigenvalue weighted by Gasteiger charge is 2.30. The average molecular weight is 469 g/mol. The molecule has 0 bridgehead atoms. The Balaban J connectivity index is 1.34. The third-order valence-electron chi connectivity index (χ3n) is 6.25. The summed E-state index contributed by atoms with van der Waals surface area (Å²) in [6.45, 7) is 4.38. The Hall–Kier alpha value is -3.18.